The summed E-state index contributed by atoms with van der Waals surface area (Å²) in [5.74, 6) is 4.48. The zero-order chi connectivity index (χ0) is 77.7. The lowest BCUT2D eigenvalue weighted by Crippen LogP contribution is -2.15. The molecule has 0 aliphatic carbocycles. The van der Waals surface area contributed by atoms with Crippen molar-refractivity contribution in [1.29, 1.82) is 0 Å². The molecular weight excluding hydrogens is 1470 g/mol. The first-order chi connectivity index (χ1) is 53.3. The van der Waals surface area contributed by atoms with Gasteiger partial charge in [-0.2, -0.15) is 0 Å². The van der Waals surface area contributed by atoms with Gasteiger partial charge < -0.3 is 65.9 Å². The molecule has 4 heterocycles. The minimum Gasteiger partial charge on any atom is -0.497 e. The van der Waals surface area contributed by atoms with Crippen molar-refractivity contribution < 1.29 is 65.9 Å². The van der Waals surface area contributed by atoms with Crippen molar-refractivity contribution in [3.63, 3.8) is 0 Å². The van der Waals surface area contributed by atoms with E-state index in [2.05, 4.69) is 102 Å². The van der Waals surface area contributed by atoms with E-state index in [1.165, 1.54) is 0 Å². The lowest BCUT2D eigenvalue weighted by Gasteiger charge is -2.28. The quantitative estimate of drug-likeness (QED) is 0.107. The number of rotatable bonds is 13. The molecule has 19 heteroatoms. The van der Waals surface area contributed by atoms with E-state index >= 15 is 0 Å². The van der Waals surface area contributed by atoms with Crippen molar-refractivity contribution in [3.8, 4) is 62.5 Å². The van der Waals surface area contributed by atoms with Crippen LogP contribution in [0.25, 0.3) is 110 Å². The zero-order valence-corrected chi connectivity index (χ0v) is 68.6. The van der Waals surface area contributed by atoms with Crippen molar-refractivity contribution in [1.82, 2.24) is 0 Å². The number of hydrogen-bond donors (Lipinski definition) is 0. The fraction of sp³-hybridized carbons (Fsp3) is 0.217. The Morgan fingerprint density at radius 3 is 0.829 bits per heavy atom. The van der Waals surface area contributed by atoms with Crippen LogP contribution in [0.5, 0.6) is 40.2 Å². The van der Waals surface area contributed by atoms with Crippen LogP contribution in [0, 0.1) is 6.92 Å². The SMILES string of the molecule is COc1cc(-c2cc(C)cc(C(C)(C)C)c2Op2oc3ccccc3c3ccccc3o2)c(Op2oc3ccccc3c3ccccc3o2)c(C(C)(C)C)c1.COc1cc(C(C)(C)C)c2op(Oc3ccccc3-c3ccccc3Op3oc4ccccc4c4ccccc4o3)oc3c(C(C)(C)C)cc(OC)cc3c2c1. The summed E-state index contributed by atoms with van der Waals surface area (Å²) in [6.45, 7) is 28.0. The summed E-state index contributed by atoms with van der Waals surface area (Å²) in [4.78, 5) is 0. The van der Waals surface area contributed by atoms with Crippen LogP contribution in [0.2, 0.25) is 0 Å². The molecule has 15 nitrogen and oxygen atoms in total. The van der Waals surface area contributed by atoms with Gasteiger partial charge in [0.1, 0.15) is 84.9 Å². The molecule has 0 saturated heterocycles. The van der Waals surface area contributed by atoms with Crippen LogP contribution in [0.3, 0.4) is 0 Å². The Labute approximate surface area is 648 Å². The summed E-state index contributed by atoms with van der Waals surface area (Å²) in [6, 6.07) is 79.6. The number of ether oxygens (including phenoxy) is 3. The molecule has 566 valence electrons. The predicted molar refractivity (Wildman–Crippen MR) is 452 cm³/mol. The normalized spacial score (nSPS) is 12.0. The van der Waals surface area contributed by atoms with Gasteiger partial charge in [-0.15, -0.1) is 0 Å². The van der Waals surface area contributed by atoms with Crippen LogP contribution in [0.15, 0.2) is 276 Å². The van der Waals surface area contributed by atoms with Gasteiger partial charge >= 0.3 is 33.0 Å². The van der Waals surface area contributed by atoms with E-state index in [0.717, 1.165) is 93.2 Å². The Hall–Kier alpha value is -11.2. The summed E-state index contributed by atoms with van der Waals surface area (Å²) in [5.41, 5.74) is 12.2. The van der Waals surface area contributed by atoms with Crippen LogP contribution < -0.4 is 32.3 Å². The van der Waals surface area contributed by atoms with Gasteiger partial charge in [0.2, 0.25) is 0 Å². The van der Waals surface area contributed by atoms with Gasteiger partial charge in [0, 0.05) is 87.6 Å². The van der Waals surface area contributed by atoms with E-state index in [1.807, 2.05) is 231 Å². The maximum atomic E-state index is 7.07. The molecule has 12 aromatic carbocycles. The Bertz CT molecular complexity index is 6140. The minimum absolute atomic E-state index is 0.310. The Kier molecular flexibility index (Phi) is 20.7. The summed E-state index contributed by atoms with van der Waals surface area (Å²) in [6.07, 6.45) is 0. The fourth-order valence-corrected chi connectivity index (χ4v) is 18.1. The van der Waals surface area contributed by atoms with E-state index in [9.17, 15) is 0 Å². The lowest BCUT2D eigenvalue weighted by atomic mass is 9.81. The van der Waals surface area contributed by atoms with Crippen molar-refractivity contribution >= 4 is 121 Å². The molecule has 0 spiro atoms. The number of methoxy groups -OCH3 is 3. The number of benzene rings is 12. The second kappa shape index (κ2) is 30.6. The van der Waals surface area contributed by atoms with Gasteiger partial charge in [0.15, 0.2) is 0 Å². The van der Waals surface area contributed by atoms with Gasteiger partial charge in [-0.05, 0) is 125 Å². The van der Waals surface area contributed by atoms with E-state index in [4.69, 9.17) is 65.9 Å². The van der Waals surface area contributed by atoms with Crippen molar-refractivity contribution in [2.75, 3.05) is 21.3 Å². The van der Waals surface area contributed by atoms with Crippen molar-refractivity contribution in [3.05, 3.63) is 270 Å². The first kappa shape index (κ1) is 75.3. The van der Waals surface area contributed by atoms with Crippen LogP contribution in [-0.2, 0) is 21.7 Å². The monoisotopic (exact) mass is 1560 g/mol. The highest BCUT2D eigenvalue weighted by Gasteiger charge is 2.33. The molecule has 16 aromatic rings. The highest BCUT2D eigenvalue weighted by atomic mass is 31.1. The highest BCUT2D eigenvalue weighted by Crippen LogP contribution is 2.55. The van der Waals surface area contributed by atoms with E-state index in [0.29, 0.717) is 84.9 Å². The molecule has 0 radical (unpaired) electrons. The average Bonchev–Trinajstić information content (AvgIpc) is 1.72. The summed E-state index contributed by atoms with van der Waals surface area (Å²) >= 11 is 0. The topological polar surface area (TPSA) is 170 Å². The largest absolute Gasteiger partial charge is 0.497 e. The molecule has 16 rings (SSSR count). The first-order valence-electron chi connectivity index (χ1n) is 36.7. The molecule has 0 bridgehead atoms. The second-order valence-corrected chi connectivity index (χ2v) is 35.3. The number of hydrogen-bond acceptors (Lipinski definition) is 15. The highest BCUT2D eigenvalue weighted by molar-refractivity contribution is 7.33. The Balaban J connectivity index is 0.000000176. The molecule has 111 heavy (non-hydrogen) atoms. The molecule has 0 N–H and O–H groups in total. The molecular formula is C92H88O15P4. The van der Waals surface area contributed by atoms with Gasteiger partial charge in [-0.3, -0.25) is 0 Å². The average molecular weight is 1560 g/mol. The van der Waals surface area contributed by atoms with Crippen LogP contribution in [0.4, 0.5) is 0 Å². The number of aryl methyl sites for hydroxylation is 1. The van der Waals surface area contributed by atoms with Gasteiger partial charge in [-0.1, -0.05) is 235 Å². The molecule has 0 unspecified atom stereocenters. The maximum absolute atomic E-state index is 7.07. The molecule has 0 aliphatic rings. The van der Waals surface area contributed by atoms with Gasteiger partial charge in [0.05, 0.1) is 21.3 Å². The zero-order valence-electron chi connectivity index (χ0n) is 65.0. The maximum Gasteiger partial charge on any atom is 0.453 e. The summed E-state index contributed by atoms with van der Waals surface area (Å²) in [5, 5.41) is 7.33. The third-order valence-corrected chi connectivity index (χ3v) is 23.3. The van der Waals surface area contributed by atoms with E-state index in [1.54, 1.807) is 21.3 Å². The Morgan fingerprint density at radius 1 is 0.243 bits per heavy atom. The summed E-state index contributed by atoms with van der Waals surface area (Å²) < 4.78 is 98.4. The fourth-order valence-electron chi connectivity index (χ4n) is 13.7. The third kappa shape index (κ3) is 15.7. The Morgan fingerprint density at radius 2 is 0.505 bits per heavy atom. The van der Waals surface area contributed by atoms with E-state index in [-0.39, 0.29) is 21.7 Å². The third-order valence-electron chi connectivity index (χ3n) is 19.2. The molecule has 0 aliphatic heterocycles. The standard InChI is InChI=1S/C46H44O8P2.C46H44O7P2/c1-45(2,3)37-27-29(47-7)25-35-36-26-30(48-8)28-38(46(4,5)6)44(36)54-56(53-43(35)37)52-42-24-16-12-20-34(42)33-19-11-15-23-41(33)51-55-49-39-21-13-9-17-31(39)32-18-10-14-22-40(32)50-55;1-29-25-35(43(37(26-29)45(2,3)4)52-54-48-39-21-13-9-17-31(39)32-18-10-14-22-40(32)49-54)36-27-30(47-8)28-38(46(5,6)7)44(36)53-55-50-41-23-15-11-19-33(41)34-20-12-16-24-42(34)51-55/h9-28H,1-8H3;9-28H,1-8H3. The second-order valence-electron chi connectivity index (χ2n) is 31.3. The van der Waals surface area contributed by atoms with E-state index < -0.39 is 33.0 Å². The first-order valence-corrected chi connectivity index (χ1v) is 41.1. The molecule has 0 amide bonds. The van der Waals surface area contributed by atoms with Crippen LogP contribution >= 0.6 is 33.0 Å². The number of fused-ring (bicyclic) bond motifs is 12. The van der Waals surface area contributed by atoms with Crippen molar-refractivity contribution in [2.24, 2.45) is 0 Å². The van der Waals surface area contributed by atoms with Crippen LogP contribution in [0.1, 0.15) is 111 Å². The predicted octanol–water partition coefficient (Wildman–Crippen LogP) is 30.0. The smallest absolute Gasteiger partial charge is 0.453 e. The number of para-hydroxylation sites is 8. The van der Waals surface area contributed by atoms with Crippen LogP contribution in [-0.4, -0.2) is 21.3 Å². The summed E-state index contributed by atoms with van der Waals surface area (Å²) in [7, 11) is -2.87. The molecule has 0 fully saturated rings. The molecule has 4 aromatic heterocycles. The molecule has 0 atom stereocenters. The van der Waals surface area contributed by atoms with Gasteiger partial charge in [-0.25, -0.2) is 0 Å². The molecule has 0 saturated carbocycles. The van der Waals surface area contributed by atoms with Gasteiger partial charge in [0.25, 0.3) is 0 Å². The lowest BCUT2D eigenvalue weighted by molar-refractivity contribution is 0.410. The minimum atomic E-state index is -2.06. The van der Waals surface area contributed by atoms with Crippen molar-refractivity contribution in [2.45, 2.75) is 112 Å².